The van der Waals surface area contributed by atoms with Crippen molar-refractivity contribution in [3.63, 3.8) is 0 Å². The lowest BCUT2D eigenvalue weighted by Gasteiger charge is -2.04. The topological polar surface area (TPSA) is 34.1 Å². The van der Waals surface area contributed by atoms with Crippen LogP contribution in [0.5, 0.6) is 0 Å². The van der Waals surface area contributed by atoms with Crippen LogP contribution in [0.2, 0.25) is 0 Å². The third-order valence-electron chi connectivity index (χ3n) is 2.78. The van der Waals surface area contributed by atoms with Crippen LogP contribution in [-0.4, -0.2) is 14.7 Å². The Bertz CT molecular complexity index is 642. The molecular weight excluding hydrogens is 276 g/mol. The van der Waals surface area contributed by atoms with Gasteiger partial charge in [0, 0.05) is 16.9 Å². The summed E-state index contributed by atoms with van der Waals surface area (Å²) >= 11 is 1.70. The molecule has 0 aliphatic heterocycles. The summed E-state index contributed by atoms with van der Waals surface area (Å²) in [7, 11) is -3.10. The average Bonchev–Trinajstić information content (AvgIpc) is 2.37. The van der Waals surface area contributed by atoms with Crippen molar-refractivity contribution < 1.29 is 8.42 Å². The van der Waals surface area contributed by atoms with Gasteiger partial charge in [-0.1, -0.05) is 29.8 Å². The number of sulfone groups is 1. The van der Waals surface area contributed by atoms with E-state index in [4.69, 9.17) is 0 Å². The van der Waals surface area contributed by atoms with Crippen molar-refractivity contribution in [2.24, 2.45) is 0 Å². The largest absolute Gasteiger partial charge is 0.224 e. The van der Waals surface area contributed by atoms with Gasteiger partial charge < -0.3 is 0 Å². The molecule has 0 aromatic heterocycles. The van der Waals surface area contributed by atoms with Crippen LogP contribution >= 0.6 is 11.8 Å². The van der Waals surface area contributed by atoms with E-state index in [9.17, 15) is 8.42 Å². The van der Waals surface area contributed by atoms with E-state index in [1.807, 2.05) is 12.1 Å². The lowest BCUT2D eigenvalue weighted by Crippen LogP contribution is -1.95. The summed E-state index contributed by atoms with van der Waals surface area (Å²) in [5, 5.41) is 0. The molecule has 0 saturated carbocycles. The zero-order valence-corrected chi connectivity index (χ0v) is 12.6. The number of thioether (sulfide) groups is 1. The number of hydrogen-bond donors (Lipinski definition) is 0. The van der Waals surface area contributed by atoms with Crippen LogP contribution in [0.15, 0.2) is 58.3 Å². The van der Waals surface area contributed by atoms with E-state index in [0.717, 1.165) is 10.6 Å². The average molecular weight is 292 g/mol. The molecule has 0 unspecified atom stereocenters. The zero-order chi connectivity index (χ0) is 13.9. The van der Waals surface area contributed by atoms with Gasteiger partial charge in [0.05, 0.1) is 4.90 Å². The van der Waals surface area contributed by atoms with Gasteiger partial charge in [-0.15, -0.1) is 11.8 Å². The monoisotopic (exact) mass is 292 g/mol. The second-order valence-corrected chi connectivity index (χ2v) is 7.58. The van der Waals surface area contributed by atoms with Crippen LogP contribution in [0.3, 0.4) is 0 Å². The Labute approximate surface area is 118 Å². The highest BCUT2D eigenvalue weighted by molar-refractivity contribution is 7.98. The lowest BCUT2D eigenvalue weighted by atomic mass is 10.2. The molecule has 0 saturated heterocycles. The normalized spacial score (nSPS) is 11.5. The number of benzene rings is 2. The molecule has 4 heteroatoms. The molecule has 19 heavy (non-hydrogen) atoms. The van der Waals surface area contributed by atoms with Crippen LogP contribution in [0.1, 0.15) is 11.1 Å². The second-order valence-electron chi connectivity index (χ2n) is 4.52. The summed E-state index contributed by atoms with van der Waals surface area (Å²) in [6.07, 6.45) is 1.22. The summed E-state index contributed by atoms with van der Waals surface area (Å²) in [4.78, 5) is 1.44. The minimum absolute atomic E-state index is 0.368. The van der Waals surface area contributed by atoms with Gasteiger partial charge in [-0.05, 0) is 36.8 Å². The fraction of sp³-hybridized carbons (Fsp3) is 0.200. The van der Waals surface area contributed by atoms with Crippen molar-refractivity contribution in [2.45, 2.75) is 22.5 Å². The maximum Gasteiger partial charge on any atom is 0.175 e. The van der Waals surface area contributed by atoms with Crippen molar-refractivity contribution in [3.05, 3.63) is 59.7 Å². The lowest BCUT2D eigenvalue weighted by molar-refractivity contribution is 0.602. The maximum atomic E-state index is 11.3. The maximum absolute atomic E-state index is 11.3. The Morgan fingerprint density at radius 1 is 0.947 bits per heavy atom. The molecule has 0 radical (unpaired) electrons. The van der Waals surface area contributed by atoms with Gasteiger partial charge in [-0.2, -0.15) is 0 Å². The Morgan fingerprint density at radius 2 is 1.53 bits per heavy atom. The molecule has 0 amide bonds. The van der Waals surface area contributed by atoms with E-state index in [1.165, 1.54) is 17.4 Å². The SMILES string of the molecule is Cc1ccc(CSc2ccc(S(C)(=O)=O)cc2)cc1. The number of hydrogen-bond acceptors (Lipinski definition) is 3. The molecule has 0 bridgehead atoms. The van der Waals surface area contributed by atoms with Crippen LogP contribution in [-0.2, 0) is 15.6 Å². The predicted molar refractivity (Wildman–Crippen MR) is 80.3 cm³/mol. The first-order chi connectivity index (χ1) is 8.95. The highest BCUT2D eigenvalue weighted by atomic mass is 32.2. The number of rotatable bonds is 4. The van der Waals surface area contributed by atoms with E-state index in [2.05, 4.69) is 31.2 Å². The van der Waals surface area contributed by atoms with E-state index in [0.29, 0.717) is 4.90 Å². The van der Waals surface area contributed by atoms with Crippen LogP contribution in [0.25, 0.3) is 0 Å². The van der Waals surface area contributed by atoms with Crippen molar-refractivity contribution in [3.8, 4) is 0 Å². The van der Waals surface area contributed by atoms with E-state index in [1.54, 1.807) is 23.9 Å². The van der Waals surface area contributed by atoms with Crippen LogP contribution in [0.4, 0.5) is 0 Å². The Kier molecular flexibility index (Phi) is 4.32. The first kappa shape index (κ1) is 14.2. The van der Waals surface area contributed by atoms with Gasteiger partial charge in [-0.3, -0.25) is 0 Å². The highest BCUT2D eigenvalue weighted by Gasteiger charge is 2.06. The number of aryl methyl sites for hydroxylation is 1. The Balaban J connectivity index is 2.02. The third kappa shape index (κ3) is 4.11. The standard InChI is InChI=1S/C15H16O2S2/c1-12-3-5-13(6-4-12)11-18-14-7-9-15(10-8-14)19(2,16)17/h3-10H,11H2,1-2H3. The van der Waals surface area contributed by atoms with E-state index >= 15 is 0 Å². The Morgan fingerprint density at radius 3 is 2.05 bits per heavy atom. The van der Waals surface area contributed by atoms with Crippen molar-refractivity contribution in [2.75, 3.05) is 6.26 Å². The molecule has 100 valence electrons. The van der Waals surface area contributed by atoms with Crippen LogP contribution < -0.4 is 0 Å². The predicted octanol–water partition coefficient (Wildman–Crippen LogP) is 3.69. The van der Waals surface area contributed by atoms with Gasteiger partial charge in [0.2, 0.25) is 0 Å². The summed E-state index contributed by atoms with van der Waals surface area (Å²) in [6.45, 7) is 2.07. The first-order valence-corrected chi connectivity index (χ1v) is 8.81. The summed E-state index contributed by atoms with van der Waals surface area (Å²) < 4.78 is 22.7. The molecule has 0 fully saturated rings. The van der Waals surface area contributed by atoms with Crippen molar-refractivity contribution in [1.29, 1.82) is 0 Å². The Hall–Kier alpha value is -1.26. The molecule has 2 nitrogen and oxygen atoms in total. The van der Waals surface area contributed by atoms with Gasteiger partial charge >= 0.3 is 0 Å². The molecular formula is C15H16O2S2. The molecule has 0 aliphatic carbocycles. The molecule has 0 N–H and O–H groups in total. The third-order valence-corrected chi connectivity index (χ3v) is 4.99. The second kappa shape index (κ2) is 5.80. The van der Waals surface area contributed by atoms with Gasteiger partial charge in [0.1, 0.15) is 0 Å². The molecule has 0 aliphatic rings. The minimum atomic E-state index is -3.10. The molecule has 2 aromatic carbocycles. The smallest absolute Gasteiger partial charge is 0.175 e. The molecule has 0 spiro atoms. The first-order valence-electron chi connectivity index (χ1n) is 5.93. The fourth-order valence-electron chi connectivity index (χ4n) is 1.63. The minimum Gasteiger partial charge on any atom is -0.224 e. The summed E-state index contributed by atoms with van der Waals surface area (Å²) in [5.41, 5.74) is 2.52. The van der Waals surface area contributed by atoms with E-state index in [-0.39, 0.29) is 0 Å². The highest BCUT2D eigenvalue weighted by Crippen LogP contribution is 2.24. The van der Waals surface area contributed by atoms with Crippen molar-refractivity contribution in [1.82, 2.24) is 0 Å². The quantitative estimate of drug-likeness (QED) is 0.806. The van der Waals surface area contributed by atoms with Gasteiger partial charge in [0.15, 0.2) is 9.84 Å². The fourth-order valence-corrected chi connectivity index (χ4v) is 3.12. The van der Waals surface area contributed by atoms with Crippen molar-refractivity contribution >= 4 is 21.6 Å². The molecule has 0 atom stereocenters. The van der Waals surface area contributed by atoms with Crippen LogP contribution in [0, 0.1) is 6.92 Å². The van der Waals surface area contributed by atoms with Gasteiger partial charge in [-0.25, -0.2) is 8.42 Å². The van der Waals surface area contributed by atoms with E-state index < -0.39 is 9.84 Å². The zero-order valence-electron chi connectivity index (χ0n) is 11.0. The summed E-state index contributed by atoms with van der Waals surface area (Å²) in [5.74, 6) is 0.887. The molecule has 0 heterocycles. The summed E-state index contributed by atoms with van der Waals surface area (Å²) in [6, 6.07) is 15.5. The van der Waals surface area contributed by atoms with Gasteiger partial charge in [0.25, 0.3) is 0 Å². The molecule has 2 aromatic rings. The molecule has 2 rings (SSSR count).